The molecule has 19 heavy (non-hydrogen) atoms. The number of rotatable bonds is 3. The van der Waals surface area contributed by atoms with E-state index in [0.29, 0.717) is 31.1 Å². The van der Waals surface area contributed by atoms with Gasteiger partial charge in [-0.05, 0) is 43.5 Å². The molecule has 1 fully saturated rings. The van der Waals surface area contributed by atoms with Crippen molar-refractivity contribution < 1.29 is 8.42 Å². The summed E-state index contributed by atoms with van der Waals surface area (Å²) in [5.41, 5.74) is 5.96. The van der Waals surface area contributed by atoms with Crippen LogP contribution in [0, 0.1) is 17.2 Å². The van der Waals surface area contributed by atoms with Crippen molar-refractivity contribution in [1.82, 2.24) is 4.31 Å². The molecular formula is C13H17N3O2S. The highest BCUT2D eigenvalue weighted by Crippen LogP contribution is 2.23. The van der Waals surface area contributed by atoms with Crippen LogP contribution in [-0.4, -0.2) is 32.4 Å². The van der Waals surface area contributed by atoms with Crippen molar-refractivity contribution in [2.24, 2.45) is 11.7 Å². The van der Waals surface area contributed by atoms with Gasteiger partial charge in [0, 0.05) is 13.1 Å². The standard InChI is InChI=1S/C13H17N3O2S/c14-9-11-4-6-16(7-5-11)19(17,18)13-3-1-2-12(8-13)10-15/h1-3,8,11H,4-7,9,14H2. The van der Waals surface area contributed by atoms with Crippen LogP contribution in [0.5, 0.6) is 0 Å². The summed E-state index contributed by atoms with van der Waals surface area (Å²) >= 11 is 0. The van der Waals surface area contributed by atoms with Gasteiger partial charge in [-0.15, -0.1) is 0 Å². The third kappa shape index (κ3) is 2.95. The molecule has 0 atom stereocenters. The predicted octanol–water partition coefficient (Wildman–Crippen LogP) is 0.918. The Bertz CT molecular complexity index is 584. The summed E-state index contributed by atoms with van der Waals surface area (Å²) in [6.07, 6.45) is 1.60. The van der Waals surface area contributed by atoms with Gasteiger partial charge in [-0.3, -0.25) is 0 Å². The van der Waals surface area contributed by atoms with Gasteiger partial charge in [0.15, 0.2) is 0 Å². The maximum absolute atomic E-state index is 12.4. The minimum absolute atomic E-state index is 0.192. The zero-order valence-corrected chi connectivity index (χ0v) is 11.4. The number of nitrogens with two attached hydrogens (primary N) is 1. The van der Waals surface area contributed by atoms with Gasteiger partial charge in [0.05, 0.1) is 16.5 Å². The first-order valence-electron chi connectivity index (χ1n) is 6.28. The summed E-state index contributed by atoms with van der Waals surface area (Å²) in [6, 6.07) is 8.11. The number of sulfonamides is 1. The summed E-state index contributed by atoms with van der Waals surface area (Å²) in [5.74, 6) is 0.414. The van der Waals surface area contributed by atoms with E-state index in [2.05, 4.69) is 0 Å². The van der Waals surface area contributed by atoms with Crippen LogP contribution < -0.4 is 5.73 Å². The summed E-state index contributed by atoms with van der Waals surface area (Å²) in [5, 5.41) is 8.83. The molecule has 1 aromatic carbocycles. The van der Waals surface area contributed by atoms with Crippen LogP contribution in [0.15, 0.2) is 29.2 Å². The fraction of sp³-hybridized carbons (Fsp3) is 0.462. The lowest BCUT2D eigenvalue weighted by Crippen LogP contribution is -2.40. The van der Waals surface area contributed by atoms with Gasteiger partial charge in [-0.2, -0.15) is 9.57 Å². The van der Waals surface area contributed by atoms with E-state index in [0.717, 1.165) is 12.8 Å². The van der Waals surface area contributed by atoms with Crippen molar-refractivity contribution in [3.05, 3.63) is 29.8 Å². The highest BCUT2D eigenvalue weighted by molar-refractivity contribution is 7.89. The molecule has 0 aromatic heterocycles. The fourth-order valence-electron chi connectivity index (χ4n) is 2.26. The second-order valence-corrected chi connectivity index (χ2v) is 6.66. The molecule has 0 radical (unpaired) electrons. The second kappa shape index (κ2) is 5.70. The van der Waals surface area contributed by atoms with E-state index in [-0.39, 0.29) is 4.90 Å². The van der Waals surface area contributed by atoms with Gasteiger partial charge in [-0.1, -0.05) is 6.07 Å². The first-order valence-corrected chi connectivity index (χ1v) is 7.72. The van der Waals surface area contributed by atoms with E-state index in [9.17, 15) is 8.42 Å². The Hall–Kier alpha value is -1.42. The second-order valence-electron chi connectivity index (χ2n) is 4.72. The lowest BCUT2D eigenvalue weighted by atomic mass is 9.99. The van der Waals surface area contributed by atoms with Gasteiger partial charge in [0.25, 0.3) is 0 Å². The Morgan fingerprint density at radius 3 is 2.63 bits per heavy atom. The quantitative estimate of drug-likeness (QED) is 0.891. The highest BCUT2D eigenvalue weighted by Gasteiger charge is 2.28. The van der Waals surface area contributed by atoms with Gasteiger partial charge in [0.1, 0.15) is 0 Å². The third-order valence-corrected chi connectivity index (χ3v) is 5.40. The van der Waals surface area contributed by atoms with E-state index in [4.69, 9.17) is 11.0 Å². The SMILES string of the molecule is N#Cc1cccc(S(=O)(=O)N2CCC(CN)CC2)c1. The maximum Gasteiger partial charge on any atom is 0.243 e. The molecule has 1 aliphatic rings. The number of nitrogens with zero attached hydrogens (tertiary/aromatic N) is 2. The van der Waals surface area contributed by atoms with Crippen LogP contribution in [0.2, 0.25) is 0 Å². The van der Waals surface area contributed by atoms with Crippen LogP contribution in [0.1, 0.15) is 18.4 Å². The summed E-state index contributed by atoms with van der Waals surface area (Å²) in [6.45, 7) is 1.61. The van der Waals surface area contributed by atoms with E-state index < -0.39 is 10.0 Å². The molecule has 102 valence electrons. The summed E-state index contributed by atoms with van der Waals surface area (Å²) in [4.78, 5) is 0.192. The number of piperidine rings is 1. The van der Waals surface area contributed by atoms with E-state index in [1.54, 1.807) is 12.1 Å². The minimum atomic E-state index is -3.48. The molecule has 0 spiro atoms. The summed E-state index contributed by atoms with van der Waals surface area (Å²) in [7, 11) is -3.48. The first-order chi connectivity index (χ1) is 9.07. The van der Waals surface area contributed by atoms with Gasteiger partial charge < -0.3 is 5.73 Å². The molecule has 0 unspecified atom stereocenters. The van der Waals surface area contributed by atoms with Crippen molar-refractivity contribution in [1.29, 1.82) is 5.26 Å². The number of benzene rings is 1. The molecule has 1 saturated heterocycles. The topological polar surface area (TPSA) is 87.2 Å². The van der Waals surface area contributed by atoms with Crippen molar-refractivity contribution in [3.8, 4) is 6.07 Å². The smallest absolute Gasteiger partial charge is 0.243 e. The lowest BCUT2D eigenvalue weighted by molar-refractivity contribution is 0.278. The first kappa shape index (κ1) is 14.0. The molecule has 1 aliphatic heterocycles. The van der Waals surface area contributed by atoms with Gasteiger partial charge in [-0.25, -0.2) is 8.42 Å². The normalized spacial score (nSPS) is 18.1. The van der Waals surface area contributed by atoms with Crippen molar-refractivity contribution in [2.45, 2.75) is 17.7 Å². The highest BCUT2D eigenvalue weighted by atomic mass is 32.2. The van der Waals surface area contributed by atoms with Crippen LogP contribution >= 0.6 is 0 Å². The van der Waals surface area contributed by atoms with Crippen molar-refractivity contribution in [2.75, 3.05) is 19.6 Å². The molecule has 0 saturated carbocycles. The predicted molar refractivity (Wildman–Crippen MR) is 71.7 cm³/mol. The molecule has 1 aromatic rings. The Balaban J connectivity index is 2.21. The molecule has 0 amide bonds. The Kier molecular flexibility index (Phi) is 4.20. The monoisotopic (exact) mass is 279 g/mol. The maximum atomic E-state index is 12.4. The largest absolute Gasteiger partial charge is 0.330 e. The minimum Gasteiger partial charge on any atom is -0.330 e. The number of hydrogen-bond donors (Lipinski definition) is 1. The Morgan fingerprint density at radius 1 is 1.37 bits per heavy atom. The van der Waals surface area contributed by atoms with Gasteiger partial charge in [0.2, 0.25) is 10.0 Å². The molecular weight excluding hydrogens is 262 g/mol. The molecule has 2 rings (SSSR count). The molecule has 5 nitrogen and oxygen atoms in total. The van der Waals surface area contributed by atoms with Crippen LogP contribution in [0.3, 0.4) is 0 Å². The molecule has 2 N–H and O–H groups in total. The molecule has 0 aliphatic carbocycles. The molecule has 6 heteroatoms. The average Bonchev–Trinajstić information content (AvgIpc) is 2.47. The van der Waals surface area contributed by atoms with Crippen LogP contribution in [0.4, 0.5) is 0 Å². The fourth-order valence-corrected chi connectivity index (χ4v) is 3.78. The zero-order chi connectivity index (χ0) is 13.9. The Morgan fingerprint density at radius 2 is 2.05 bits per heavy atom. The van der Waals surface area contributed by atoms with E-state index in [1.807, 2.05) is 6.07 Å². The van der Waals surface area contributed by atoms with Crippen molar-refractivity contribution >= 4 is 10.0 Å². The number of hydrogen-bond acceptors (Lipinski definition) is 4. The van der Waals surface area contributed by atoms with Crippen LogP contribution in [0.25, 0.3) is 0 Å². The van der Waals surface area contributed by atoms with Crippen LogP contribution in [-0.2, 0) is 10.0 Å². The van der Waals surface area contributed by atoms with Crippen molar-refractivity contribution in [3.63, 3.8) is 0 Å². The third-order valence-electron chi connectivity index (χ3n) is 3.51. The number of nitriles is 1. The molecule has 1 heterocycles. The molecule has 0 bridgehead atoms. The average molecular weight is 279 g/mol. The zero-order valence-electron chi connectivity index (χ0n) is 10.6. The van der Waals surface area contributed by atoms with E-state index >= 15 is 0 Å². The Labute approximate surface area is 113 Å². The van der Waals surface area contributed by atoms with Gasteiger partial charge >= 0.3 is 0 Å². The van der Waals surface area contributed by atoms with E-state index in [1.165, 1.54) is 16.4 Å². The summed E-state index contributed by atoms with van der Waals surface area (Å²) < 4.78 is 26.4. The lowest BCUT2D eigenvalue weighted by Gasteiger charge is -2.30.